The van der Waals surface area contributed by atoms with Crippen molar-refractivity contribution in [2.45, 2.75) is 25.4 Å². The molecule has 1 aromatic rings. The lowest BCUT2D eigenvalue weighted by molar-refractivity contribution is 0.201. The Morgan fingerprint density at radius 1 is 1.35 bits per heavy atom. The van der Waals surface area contributed by atoms with E-state index in [2.05, 4.69) is 17.0 Å². The average molecular weight is 257 g/mol. The number of likely N-dealkylation sites (tertiary alicyclic amines) is 1. The molecule has 1 aromatic carbocycles. The van der Waals surface area contributed by atoms with Crippen LogP contribution in [0.25, 0.3) is 0 Å². The van der Waals surface area contributed by atoms with Crippen LogP contribution < -0.4 is 10.5 Å². The van der Waals surface area contributed by atoms with Gasteiger partial charge < -0.3 is 10.5 Å². The molecule has 0 radical (unpaired) electrons. The monoisotopic (exact) mass is 256 g/mol. The predicted octanol–water partition coefficient (Wildman–Crippen LogP) is 2.04. The highest BCUT2D eigenvalue weighted by Gasteiger charge is 2.16. The maximum Gasteiger partial charge on any atom is 0.118 e. The first-order chi connectivity index (χ1) is 7.78. The number of methoxy groups -OCH3 is 1. The smallest absolute Gasteiger partial charge is 0.118 e. The largest absolute Gasteiger partial charge is 0.497 e. The van der Waals surface area contributed by atoms with Crippen LogP contribution in [0.15, 0.2) is 24.3 Å². The number of halogens is 1. The Morgan fingerprint density at radius 2 is 2.06 bits per heavy atom. The van der Waals surface area contributed by atoms with E-state index in [1.807, 2.05) is 12.1 Å². The molecule has 1 unspecified atom stereocenters. The quantitative estimate of drug-likeness (QED) is 0.900. The normalized spacial score (nSPS) is 20.7. The van der Waals surface area contributed by atoms with Crippen molar-refractivity contribution in [3.05, 3.63) is 29.8 Å². The number of rotatable bonds is 3. The van der Waals surface area contributed by atoms with Gasteiger partial charge in [-0.3, -0.25) is 4.90 Å². The fraction of sp³-hybridized carbons (Fsp3) is 0.538. The lowest BCUT2D eigenvalue weighted by Gasteiger charge is -2.30. The van der Waals surface area contributed by atoms with Crippen LogP contribution in [0.1, 0.15) is 18.4 Å². The van der Waals surface area contributed by atoms with Gasteiger partial charge in [0.1, 0.15) is 5.75 Å². The zero-order chi connectivity index (χ0) is 11.4. The Bertz CT molecular complexity index is 329. The topological polar surface area (TPSA) is 38.5 Å². The molecule has 96 valence electrons. The Balaban J connectivity index is 0.00000144. The highest BCUT2D eigenvalue weighted by molar-refractivity contribution is 5.85. The molecule has 0 bridgehead atoms. The Labute approximate surface area is 109 Å². The number of hydrogen-bond donors (Lipinski definition) is 1. The summed E-state index contributed by atoms with van der Waals surface area (Å²) in [5.74, 6) is 0.916. The van der Waals surface area contributed by atoms with Gasteiger partial charge in [0.2, 0.25) is 0 Å². The summed E-state index contributed by atoms with van der Waals surface area (Å²) in [7, 11) is 1.69. The van der Waals surface area contributed by atoms with Crippen LogP contribution in [0.4, 0.5) is 0 Å². The summed E-state index contributed by atoms with van der Waals surface area (Å²) < 4.78 is 5.14. The lowest BCUT2D eigenvalue weighted by atomic mass is 10.1. The molecule has 0 spiro atoms. The zero-order valence-corrected chi connectivity index (χ0v) is 11.1. The van der Waals surface area contributed by atoms with Gasteiger partial charge in [0, 0.05) is 19.1 Å². The Hall–Kier alpha value is -0.770. The van der Waals surface area contributed by atoms with Crippen LogP contribution in [-0.4, -0.2) is 31.1 Å². The number of piperidine rings is 1. The van der Waals surface area contributed by atoms with E-state index in [9.17, 15) is 0 Å². The van der Waals surface area contributed by atoms with Gasteiger partial charge >= 0.3 is 0 Å². The molecule has 0 amide bonds. The first-order valence-electron chi connectivity index (χ1n) is 5.89. The van der Waals surface area contributed by atoms with Gasteiger partial charge in [-0.1, -0.05) is 12.1 Å². The number of hydrogen-bond acceptors (Lipinski definition) is 3. The second-order valence-corrected chi connectivity index (χ2v) is 4.49. The van der Waals surface area contributed by atoms with Crippen molar-refractivity contribution in [1.82, 2.24) is 4.90 Å². The van der Waals surface area contributed by atoms with Crippen molar-refractivity contribution in [3.8, 4) is 5.75 Å². The minimum atomic E-state index is 0. The molecule has 0 aliphatic carbocycles. The highest BCUT2D eigenvalue weighted by Crippen LogP contribution is 2.15. The first kappa shape index (κ1) is 14.3. The molecule has 1 aliphatic heterocycles. The molecule has 2 N–H and O–H groups in total. The van der Waals surface area contributed by atoms with Crippen molar-refractivity contribution >= 4 is 12.4 Å². The fourth-order valence-electron chi connectivity index (χ4n) is 2.22. The van der Waals surface area contributed by atoms with E-state index < -0.39 is 0 Å². The van der Waals surface area contributed by atoms with Crippen molar-refractivity contribution in [1.29, 1.82) is 0 Å². The molecule has 1 fully saturated rings. The second kappa shape index (κ2) is 6.84. The van der Waals surface area contributed by atoms with Crippen LogP contribution in [-0.2, 0) is 6.54 Å². The Morgan fingerprint density at radius 3 is 2.65 bits per heavy atom. The van der Waals surface area contributed by atoms with E-state index in [0.717, 1.165) is 18.8 Å². The number of nitrogens with two attached hydrogens (primary N) is 1. The zero-order valence-electron chi connectivity index (χ0n) is 10.3. The van der Waals surface area contributed by atoms with Crippen LogP contribution in [0.2, 0.25) is 0 Å². The van der Waals surface area contributed by atoms with Gasteiger partial charge in [-0.2, -0.15) is 0 Å². The number of ether oxygens (including phenoxy) is 1. The molecule has 1 saturated heterocycles. The summed E-state index contributed by atoms with van der Waals surface area (Å²) in [5, 5.41) is 0. The van der Waals surface area contributed by atoms with Crippen molar-refractivity contribution in [2.75, 3.05) is 20.2 Å². The molecule has 0 saturated carbocycles. The van der Waals surface area contributed by atoms with Gasteiger partial charge in [-0.25, -0.2) is 0 Å². The molecule has 0 aromatic heterocycles. The summed E-state index contributed by atoms with van der Waals surface area (Å²) in [5.41, 5.74) is 7.29. The molecule has 1 heterocycles. The predicted molar refractivity (Wildman–Crippen MR) is 72.7 cm³/mol. The maximum absolute atomic E-state index is 5.96. The van der Waals surface area contributed by atoms with Gasteiger partial charge in [0.25, 0.3) is 0 Å². The summed E-state index contributed by atoms with van der Waals surface area (Å²) in [6.45, 7) is 3.18. The SMILES string of the molecule is COc1ccc(CN2CCCC(N)C2)cc1.Cl. The van der Waals surface area contributed by atoms with E-state index in [1.165, 1.54) is 24.9 Å². The minimum absolute atomic E-state index is 0. The molecule has 17 heavy (non-hydrogen) atoms. The summed E-state index contributed by atoms with van der Waals surface area (Å²) >= 11 is 0. The van der Waals surface area contributed by atoms with Crippen molar-refractivity contribution < 1.29 is 4.74 Å². The van der Waals surface area contributed by atoms with E-state index in [4.69, 9.17) is 10.5 Å². The van der Waals surface area contributed by atoms with Gasteiger partial charge in [-0.05, 0) is 37.1 Å². The summed E-state index contributed by atoms with van der Waals surface area (Å²) in [6, 6.07) is 8.63. The van der Waals surface area contributed by atoms with Gasteiger partial charge in [0.05, 0.1) is 7.11 Å². The fourth-order valence-corrected chi connectivity index (χ4v) is 2.22. The number of benzene rings is 1. The highest BCUT2D eigenvalue weighted by atomic mass is 35.5. The van der Waals surface area contributed by atoms with Crippen molar-refractivity contribution in [2.24, 2.45) is 5.73 Å². The molecular weight excluding hydrogens is 236 g/mol. The van der Waals surface area contributed by atoms with Gasteiger partial charge in [-0.15, -0.1) is 12.4 Å². The van der Waals surface area contributed by atoms with Crippen molar-refractivity contribution in [3.63, 3.8) is 0 Å². The lowest BCUT2D eigenvalue weighted by Crippen LogP contribution is -2.42. The van der Waals surface area contributed by atoms with Crippen LogP contribution in [0.3, 0.4) is 0 Å². The standard InChI is InChI=1S/C13H20N2O.ClH/c1-16-13-6-4-11(5-7-13)9-15-8-2-3-12(14)10-15;/h4-7,12H,2-3,8-10,14H2,1H3;1H. The average Bonchev–Trinajstić information content (AvgIpc) is 2.30. The van der Waals surface area contributed by atoms with E-state index >= 15 is 0 Å². The Kier molecular flexibility index (Phi) is 5.75. The van der Waals surface area contributed by atoms with Crippen LogP contribution >= 0.6 is 12.4 Å². The molecule has 3 nitrogen and oxygen atoms in total. The van der Waals surface area contributed by atoms with E-state index in [-0.39, 0.29) is 12.4 Å². The van der Waals surface area contributed by atoms with E-state index in [0.29, 0.717) is 6.04 Å². The van der Waals surface area contributed by atoms with Crippen LogP contribution in [0.5, 0.6) is 5.75 Å². The third kappa shape index (κ3) is 4.19. The molecule has 1 atom stereocenters. The van der Waals surface area contributed by atoms with E-state index in [1.54, 1.807) is 7.11 Å². The molecule has 1 aliphatic rings. The third-order valence-corrected chi connectivity index (χ3v) is 3.11. The third-order valence-electron chi connectivity index (χ3n) is 3.11. The van der Waals surface area contributed by atoms with Crippen LogP contribution in [0, 0.1) is 0 Å². The molecule has 4 heteroatoms. The summed E-state index contributed by atoms with van der Waals surface area (Å²) in [6.07, 6.45) is 2.39. The maximum atomic E-state index is 5.96. The second-order valence-electron chi connectivity index (χ2n) is 4.49. The summed E-state index contributed by atoms with van der Waals surface area (Å²) in [4.78, 5) is 2.43. The molecule has 2 rings (SSSR count). The van der Waals surface area contributed by atoms with Gasteiger partial charge in [0.15, 0.2) is 0 Å². The minimum Gasteiger partial charge on any atom is -0.497 e. The number of nitrogens with zero attached hydrogens (tertiary/aromatic N) is 1. The molecular formula is C13H21ClN2O. The first-order valence-corrected chi connectivity index (χ1v) is 5.89.